The van der Waals surface area contributed by atoms with Crippen LogP contribution in [-0.2, 0) is 48.4 Å². The molecule has 4 aromatic carbocycles. The molecule has 1 atom stereocenters. The standard InChI is InChI=1S/C44H50N6O9/c1-2-49(25-22-45-42(54)57-30-34-12-6-3-7-13-34)40(52)28-38(37-18-20-39(21-19-37)48-33-51)29-41(53)50(26-23-46-43(55)58-31-35-14-8-4-9-15-35)27-24-47-44(56)59-32-36-16-10-5-11-17-36/h3-21,38H,2,22-32H2,1H3,(H,45,54)(H,46,55)(H,47,56). The lowest BCUT2D eigenvalue weighted by molar-refractivity contribution is -0.133. The molecule has 0 heterocycles. The molecule has 0 fully saturated rings. The van der Waals surface area contributed by atoms with Crippen molar-refractivity contribution in [2.24, 2.45) is 4.99 Å². The molecular formula is C44H50N6O9. The van der Waals surface area contributed by atoms with E-state index in [0.29, 0.717) is 17.8 Å². The third-order valence-electron chi connectivity index (χ3n) is 9.06. The van der Waals surface area contributed by atoms with E-state index in [4.69, 9.17) is 14.2 Å². The lowest BCUT2D eigenvalue weighted by Crippen LogP contribution is -2.43. The molecule has 59 heavy (non-hydrogen) atoms. The minimum atomic E-state index is -0.663. The van der Waals surface area contributed by atoms with Crippen LogP contribution in [-0.4, -0.2) is 91.8 Å². The van der Waals surface area contributed by atoms with Gasteiger partial charge in [-0.2, -0.15) is 4.99 Å². The van der Waals surface area contributed by atoms with Crippen molar-refractivity contribution < 1.29 is 43.0 Å². The van der Waals surface area contributed by atoms with Crippen molar-refractivity contribution in [3.05, 3.63) is 138 Å². The number of ether oxygens (including phenoxy) is 3. The summed E-state index contributed by atoms with van der Waals surface area (Å²) in [6, 6.07) is 34.2. The Kier molecular flexibility index (Phi) is 19.2. The molecule has 0 spiro atoms. The summed E-state index contributed by atoms with van der Waals surface area (Å²) in [7, 11) is 0. The third-order valence-corrected chi connectivity index (χ3v) is 9.06. The molecular weight excluding hydrogens is 757 g/mol. The highest BCUT2D eigenvalue weighted by atomic mass is 16.6. The Labute approximate surface area is 343 Å². The number of nitrogens with zero attached hydrogens (tertiary/aromatic N) is 3. The lowest BCUT2D eigenvalue weighted by Gasteiger charge is -2.27. The fraction of sp³-hybridized carbons (Fsp3) is 0.318. The second-order valence-electron chi connectivity index (χ2n) is 13.2. The van der Waals surface area contributed by atoms with E-state index in [9.17, 15) is 28.8 Å². The number of alkyl carbamates (subject to hydrolysis) is 3. The maximum absolute atomic E-state index is 14.1. The van der Waals surface area contributed by atoms with Gasteiger partial charge in [-0.3, -0.25) is 9.59 Å². The van der Waals surface area contributed by atoms with E-state index in [2.05, 4.69) is 20.9 Å². The number of amides is 5. The van der Waals surface area contributed by atoms with Crippen LogP contribution in [0, 0.1) is 0 Å². The minimum Gasteiger partial charge on any atom is -0.445 e. The van der Waals surface area contributed by atoms with E-state index in [1.165, 1.54) is 11.0 Å². The van der Waals surface area contributed by atoms with Crippen molar-refractivity contribution >= 4 is 41.9 Å². The van der Waals surface area contributed by atoms with E-state index in [0.717, 1.165) is 16.7 Å². The molecule has 15 heteroatoms. The molecule has 4 rings (SSSR count). The van der Waals surface area contributed by atoms with Gasteiger partial charge in [-0.1, -0.05) is 103 Å². The summed E-state index contributed by atoms with van der Waals surface area (Å²) in [6.07, 6.45) is -0.607. The number of carbonyl (C=O) groups excluding carboxylic acids is 6. The van der Waals surface area contributed by atoms with Gasteiger partial charge < -0.3 is 40.0 Å². The number of likely N-dealkylation sites (N-methyl/N-ethyl adjacent to an activating group) is 1. The fourth-order valence-electron chi connectivity index (χ4n) is 5.88. The van der Waals surface area contributed by atoms with Crippen molar-refractivity contribution in [2.45, 2.75) is 45.5 Å². The third kappa shape index (κ3) is 17.0. The predicted octanol–water partition coefficient (Wildman–Crippen LogP) is 5.97. The van der Waals surface area contributed by atoms with Gasteiger partial charge in [-0.25, -0.2) is 19.2 Å². The molecule has 0 aliphatic heterocycles. The van der Waals surface area contributed by atoms with Gasteiger partial charge in [-0.15, -0.1) is 0 Å². The van der Waals surface area contributed by atoms with Gasteiger partial charge in [0.25, 0.3) is 0 Å². The Balaban J connectivity index is 1.39. The Bertz CT molecular complexity index is 1900. The van der Waals surface area contributed by atoms with E-state index in [-0.39, 0.29) is 83.7 Å². The summed E-state index contributed by atoms with van der Waals surface area (Å²) in [5.74, 6) is -1.21. The van der Waals surface area contributed by atoms with Crippen LogP contribution in [0.15, 0.2) is 120 Å². The molecule has 0 aliphatic carbocycles. The number of isocyanates is 1. The number of aliphatic imine (C=N–C) groups is 1. The Morgan fingerprint density at radius 1 is 0.559 bits per heavy atom. The van der Waals surface area contributed by atoms with Gasteiger partial charge in [0.15, 0.2) is 0 Å². The zero-order chi connectivity index (χ0) is 42.1. The summed E-state index contributed by atoms with van der Waals surface area (Å²) in [5.41, 5.74) is 3.48. The Hall–Kier alpha value is -6.99. The van der Waals surface area contributed by atoms with Crippen LogP contribution in [0.4, 0.5) is 20.1 Å². The van der Waals surface area contributed by atoms with E-state index in [1.807, 2.05) is 97.9 Å². The summed E-state index contributed by atoms with van der Waals surface area (Å²) < 4.78 is 15.9. The molecule has 5 amide bonds. The van der Waals surface area contributed by atoms with Crippen LogP contribution >= 0.6 is 0 Å². The van der Waals surface area contributed by atoms with Crippen molar-refractivity contribution in [1.82, 2.24) is 25.8 Å². The Morgan fingerprint density at radius 3 is 1.31 bits per heavy atom. The first-order valence-corrected chi connectivity index (χ1v) is 19.3. The maximum Gasteiger partial charge on any atom is 0.407 e. The number of carbonyl (C=O) groups is 5. The minimum absolute atomic E-state index is 0.0458. The number of hydrogen-bond acceptors (Lipinski definition) is 10. The van der Waals surface area contributed by atoms with Crippen LogP contribution < -0.4 is 16.0 Å². The highest BCUT2D eigenvalue weighted by Crippen LogP contribution is 2.27. The molecule has 310 valence electrons. The van der Waals surface area contributed by atoms with Gasteiger partial charge >= 0.3 is 18.3 Å². The molecule has 0 radical (unpaired) electrons. The summed E-state index contributed by atoms with van der Waals surface area (Å²) in [6.45, 7) is 2.98. The van der Waals surface area contributed by atoms with Gasteiger partial charge in [0, 0.05) is 64.6 Å². The first kappa shape index (κ1) is 44.7. The topological polar surface area (TPSA) is 185 Å². The largest absolute Gasteiger partial charge is 0.445 e. The molecule has 15 nitrogen and oxygen atoms in total. The van der Waals surface area contributed by atoms with E-state index < -0.39 is 24.2 Å². The number of benzene rings is 4. The maximum atomic E-state index is 14.1. The van der Waals surface area contributed by atoms with Crippen LogP contribution in [0.25, 0.3) is 0 Å². The monoisotopic (exact) mass is 806 g/mol. The van der Waals surface area contributed by atoms with Crippen molar-refractivity contribution in [2.75, 3.05) is 45.8 Å². The van der Waals surface area contributed by atoms with Crippen molar-refractivity contribution in [3.8, 4) is 0 Å². The smallest absolute Gasteiger partial charge is 0.407 e. The average Bonchev–Trinajstić information content (AvgIpc) is 3.26. The highest BCUT2D eigenvalue weighted by Gasteiger charge is 2.25. The molecule has 4 aromatic rings. The SMILES string of the molecule is CCN(CCNC(=O)OCc1ccccc1)C(=O)CC(CC(=O)N(CCNC(=O)OCc1ccccc1)CCNC(=O)OCc1ccccc1)c1ccc(N=C=O)cc1. The van der Waals surface area contributed by atoms with E-state index >= 15 is 0 Å². The molecule has 0 bridgehead atoms. The molecule has 1 unspecified atom stereocenters. The first-order valence-electron chi connectivity index (χ1n) is 19.3. The normalized spacial score (nSPS) is 10.9. The van der Waals surface area contributed by atoms with Crippen LogP contribution in [0.2, 0.25) is 0 Å². The quantitative estimate of drug-likeness (QED) is 0.0489. The van der Waals surface area contributed by atoms with E-state index in [1.54, 1.807) is 29.2 Å². The zero-order valence-electron chi connectivity index (χ0n) is 33.0. The lowest BCUT2D eigenvalue weighted by atomic mass is 9.91. The van der Waals surface area contributed by atoms with Crippen molar-refractivity contribution in [1.29, 1.82) is 0 Å². The summed E-state index contributed by atoms with van der Waals surface area (Å²) in [5, 5.41) is 8.01. The molecule has 0 aliphatic rings. The molecule has 3 N–H and O–H groups in total. The second-order valence-corrected chi connectivity index (χ2v) is 13.2. The van der Waals surface area contributed by atoms with Gasteiger partial charge in [0.1, 0.15) is 19.8 Å². The number of nitrogens with one attached hydrogen (secondary N) is 3. The first-order chi connectivity index (χ1) is 28.7. The molecule has 0 aromatic heterocycles. The van der Waals surface area contributed by atoms with Gasteiger partial charge in [0.05, 0.1) is 5.69 Å². The fourth-order valence-corrected chi connectivity index (χ4v) is 5.88. The van der Waals surface area contributed by atoms with Crippen molar-refractivity contribution in [3.63, 3.8) is 0 Å². The highest BCUT2D eigenvalue weighted by molar-refractivity contribution is 5.81. The van der Waals surface area contributed by atoms with Crippen LogP contribution in [0.5, 0.6) is 0 Å². The predicted molar refractivity (Wildman–Crippen MR) is 219 cm³/mol. The van der Waals surface area contributed by atoms with Crippen LogP contribution in [0.3, 0.4) is 0 Å². The molecule has 0 saturated carbocycles. The summed E-state index contributed by atoms with van der Waals surface area (Å²) in [4.78, 5) is 82.7. The van der Waals surface area contributed by atoms with Gasteiger partial charge in [0.2, 0.25) is 17.9 Å². The summed E-state index contributed by atoms with van der Waals surface area (Å²) >= 11 is 0. The average molecular weight is 807 g/mol. The second kappa shape index (κ2) is 25.3. The zero-order valence-corrected chi connectivity index (χ0v) is 33.0. The van der Waals surface area contributed by atoms with Gasteiger partial charge in [-0.05, 0) is 41.3 Å². The van der Waals surface area contributed by atoms with Crippen LogP contribution in [0.1, 0.15) is 47.9 Å². The Morgan fingerprint density at radius 2 is 0.932 bits per heavy atom. The number of rotatable bonds is 22. The number of hydrogen-bond donors (Lipinski definition) is 3. The molecule has 0 saturated heterocycles.